The van der Waals surface area contributed by atoms with E-state index in [9.17, 15) is 0 Å². The molecule has 5 heteroatoms. The van der Waals surface area contributed by atoms with E-state index in [1.165, 1.54) is 16.8 Å². The van der Waals surface area contributed by atoms with E-state index in [1.54, 1.807) is 0 Å². The molecule has 3 aromatic rings. The number of aromatic nitrogens is 3. The van der Waals surface area contributed by atoms with Crippen LogP contribution >= 0.6 is 0 Å². The maximum atomic E-state index is 4.68. The van der Waals surface area contributed by atoms with Crippen LogP contribution in [0.5, 0.6) is 0 Å². The molecule has 0 unspecified atom stereocenters. The van der Waals surface area contributed by atoms with Crippen molar-refractivity contribution in [2.24, 2.45) is 0 Å². The highest BCUT2D eigenvalue weighted by atomic mass is 15.2. The highest BCUT2D eigenvalue weighted by Gasteiger charge is 2.20. The van der Waals surface area contributed by atoms with Crippen LogP contribution in [0.3, 0.4) is 0 Å². The highest BCUT2D eigenvalue weighted by Crippen LogP contribution is 2.33. The second kappa shape index (κ2) is 6.66. The Morgan fingerprint density at radius 2 is 1.88 bits per heavy atom. The molecular weight excluding hydrogens is 298 g/mol. The van der Waals surface area contributed by atoms with Crippen LogP contribution < -0.4 is 10.2 Å². The van der Waals surface area contributed by atoms with E-state index in [4.69, 9.17) is 0 Å². The van der Waals surface area contributed by atoms with E-state index in [-0.39, 0.29) is 0 Å². The summed E-state index contributed by atoms with van der Waals surface area (Å²) in [6.07, 6.45) is 7.43. The first-order valence-electron chi connectivity index (χ1n) is 8.21. The lowest BCUT2D eigenvalue weighted by Gasteiger charge is -2.18. The third-order valence-corrected chi connectivity index (χ3v) is 4.25. The van der Waals surface area contributed by atoms with Crippen LogP contribution in [0.2, 0.25) is 0 Å². The Balaban J connectivity index is 1.45. The summed E-state index contributed by atoms with van der Waals surface area (Å²) in [5.74, 6) is 1.62. The predicted molar refractivity (Wildman–Crippen MR) is 95.6 cm³/mol. The van der Waals surface area contributed by atoms with Gasteiger partial charge in [-0.3, -0.25) is 4.98 Å². The third-order valence-electron chi connectivity index (χ3n) is 4.25. The van der Waals surface area contributed by atoms with Crippen molar-refractivity contribution in [1.29, 1.82) is 0 Å². The van der Waals surface area contributed by atoms with Crippen molar-refractivity contribution in [3.63, 3.8) is 0 Å². The largest absolute Gasteiger partial charge is 0.354 e. The molecule has 0 bridgehead atoms. The van der Waals surface area contributed by atoms with Crippen LogP contribution in [0, 0.1) is 0 Å². The summed E-state index contributed by atoms with van der Waals surface area (Å²) in [5.41, 5.74) is 3.88. The fraction of sp³-hybridized carbons (Fsp3) is 0.211. The zero-order valence-electron chi connectivity index (χ0n) is 13.4. The minimum absolute atomic E-state index is 0.672. The molecule has 1 N–H and O–H groups in total. The monoisotopic (exact) mass is 317 g/mol. The van der Waals surface area contributed by atoms with Crippen LogP contribution in [-0.4, -0.2) is 28.0 Å². The average Bonchev–Trinajstić information content (AvgIpc) is 3.07. The zero-order chi connectivity index (χ0) is 16.2. The first-order chi connectivity index (χ1) is 11.9. The van der Waals surface area contributed by atoms with Gasteiger partial charge in [-0.2, -0.15) is 4.98 Å². The summed E-state index contributed by atoms with van der Waals surface area (Å²) in [5, 5.41) is 3.31. The Labute approximate surface area is 141 Å². The van der Waals surface area contributed by atoms with Crippen LogP contribution in [-0.2, 0) is 12.8 Å². The molecule has 0 fully saturated rings. The van der Waals surface area contributed by atoms with Gasteiger partial charge in [0.25, 0.3) is 0 Å². The Bertz CT molecular complexity index is 819. The molecule has 120 valence electrons. The number of para-hydroxylation sites is 1. The Morgan fingerprint density at radius 1 is 1.00 bits per heavy atom. The molecule has 0 aliphatic carbocycles. The Morgan fingerprint density at radius 3 is 2.79 bits per heavy atom. The Hall–Kier alpha value is -2.95. The normalized spacial score (nSPS) is 12.9. The third kappa shape index (κ3) is 3.06. The SMILES string of the molecule is c1ccc2c(c1)CCN2c1ccnc(NCCc2ccncc2)n1. The molecule has 0 atom stereocenters. The summed E-state index contributed by atoms with van der Waals surface area (Å²) in [6, 6.07) is 14.5. The van der Waals surface area contributed by atoms with Gasteiger partial charge in [0.05, 0.1) is 0 Å². The van der Waals surface area contributed by atoms with Crippen LogP contribution in [0.1, 0.15) is 11.1 Å². The molecular formula is C19H19N5. The Kier molecular flexibility index (Phi) is 4.06. The van der Waals surface area contributed by atoms with Gasteiger partial charge < -0.3 is 10.2 Å². The predicted octanol–water partition coefficient (Wildman–Crippen LogP) is 3.22. The molecule has 24 heavy (non-hydrogen) atoms. The molecule has 4 rings (SSSR count). The lowest BCUT2D eigenvalue weighted by Crippen LogP contribution is -2.16. The fourth-order valence-electron chi connectivity index (χ4n) is 3.03. The quantitative estimate of drug-likeness (QED) is 0.783. The van der Waals surface area contributed by atoms with Gasteiger partial charge >= 0.3 is 0 Å². The van der Waals surface area contributed by atoms with E-state index in [0.29, 0.717) is 5.95 Å². The number of nitrogens with zero attached hydrogens (tertiary/aromatic N) is 4. The standard InChI is InChI=1S/C19H19N5/c1-2-4-17-16(3-1)9-14-24(17)18-8-13-22-19(23-18)21-12-7-15-5-10-20-11-6-15/h1-6,8,10-11,13H,7,9,12,14H2,(H,21,22,23). The first kappa shape index (κ1) is 14.6. The molecule has 0 saturated carbocycles. The molecule has 1 aromatic carbocycles. The van der Waals surface area contributed by atoms with Crippen molar-refractivity contribution in [3.8, 4) is 0 Å². The van der Waals surface area contributed by atoms with Gasteiger partial charge in [0, 0.05) is 37.4 Å². The van der Waals surface area contributed by atoms with Crippen LogP contribution in [0.15, 0.2) is 61.1 Å². The van der Waals surface area contributed by atoms with Gasteiger partial charge in [-0.05, 0) is 48.2 Å². The number of benzene rings is 1. The van der Waals surface area contributed by atoms with Gasteiger partial charge in [-0.1, -0.05) is 18.2 Å². The molecule has 0 saturated heterocycles. The van der Waals surface area contributed by atoms with Crippen molar-refractivity contribution in [2.45, 2.75) is 12.8 Å². The number of pyridine rings is 1. The lowest BCUT2D eigenvalue weighted by molar-refractivity contribution is 0.945. The summed E-state index contributed by atoms with van der Waals surface area (Å²) in [7, 11) is 0. The van der Waals surface area contributed by atoms with E-state index in [1.807, 2.05) is 36.8 Å². The second-order valence-electron chi connectivity index (χ2n) is 5.80. The smallest absolute Gasteiger partial charge is 0.224 e. The fourth-order valence-corrected chi connectivity index (χ4v) is 3.03. The summed E-state index contributed by atoms with van der Waals surface area (Å²) in [4.78, 5) is 15.3. The number of nitrogens with one attached hydrogen (secondary N) is 1. The number of rotatable bonds is 5. The molecule has 1 aliphatic rings. The van der Waals surface area contributed by atoms with Crippen molar-refractivity contribution >= 4 is 17.5 Å². The van der Waals surface area contributed by atoms with Crippen molar-refractivity contribution in [3.05, 3.63) is 72.2 Å². The maximum absolute atomic E-state index is 4.68. The highest BCUT2D eigenvalue weighted by molar-refractivity contribution is 5.67. The maximum Gasteiger partial charge on any atom is 0.224 e. The van der Waals surface area contributed by atoms with Gasteiger partial charge in [-0.15, -0.1) is 0 Å². The summed E-state index contributed by atoms with van der Waals surface area (Å²) < 4.78 is 0. The van der Waals surface area contributed by atoms with Crippen molar-refractivity contribution < 1.29 is 0 Å². The lowest BCUT2D eigenvalue weighted by atomic mass is 10.2. The molecule has 0 radical (unpaired) electrons. The second-order valence-corrected chi connectivity index (χ2v) is 5.80. The number of hydrogen-bond acceptors (Lipinski definition) is 5. The van der Waals surface area contributed by atoms with Crippen molar-refractivity contribution in [1.82, 2.24) is 15.0 Å². The van der Waals surface area contributed by atoms with Gasteiger partial charge in [0.2, 0.25) is 5.95 Å². The van der Waals surface area contributed by atoms with Crippen LogP contribution in [0.25, 0.3) is 0 Å². The topological polar surface area (TPSA) is 53.9 Å². The minimum Gasteiger partial charge on any atom is -0.354 e. The van der Waals surface area contributed by atoms with E-state index in [2.05, 4.69) is 49.4 Å². The molecule has 0 amide bonds. The van der Waals surface area contributed by atoms with E-state index in [0.717, 1.165) is 31.7 Å². The minimum atomic E-state index is 0.672. The van der Waals surface area contributed by atoms with Crippen molar-refractivity contribution in [2.75, 3.05) is 23.3 Å². The van der Waals surface area contributed by atoms with Gasteiger partial charge in [-0.25, -0.2) is 4.98 Å². The molecule has 5 nitrogen and oxygen atoms in total. The van der Waals surface area contributed by atoms with Gasteiger partial charge in [0.1, 0.15) is 5.82 Å². The molecule has 1 aliphatic heterocycles. The first-order valence-corrected chi connectivity index (χ1v) is 8.21. The van der Waals surface area contributed by atoms with E-state index >= 15 is 0 Å². The van der Waals surface area contributed by atoms with E-state index < -0.39 is 0 Å². The number of anilines is 3. The molecule has 0 spiro atoms. The summed E-state index contributed by atoms with van der Waals surface area (Å²) >= 11 is 0. The van der Waals surface area contributed by atoms with Gasteiger partial charge in [0.15, 0.2) is 0 Å². The molecule has 2 aromatic heterocycles. The number of fused-ring (bicyclic) bond motifs is 1. The average molecular weight is 317 g/mol. The zero-order valence-corrected chi connectivity index (χ0v) is 13.4. The molecule has 3 heterocycles. The van der Waals surface area contributed by atoms with Crippen LogP contribution in [0.4, 0.5) is 17.5 Å². The number of hydrogen-bond donors (Lipinski definition) is 1. The summed E-state index contributed by atoms with van der Waals surface area (Å²) in [6.45, 7) is 1.76.